The number of ketones is 1. The second-order valence-electron chi connectivity index (χ2n) is 6.75. The number of hydrogen-bond donors (Lipinski definition) is 0. The van der Waals surface area contributed by atoms with Crippen LogP contribution in [0.1, 0.15) is 56.0 Å². The molecule has 2 aromatic carbocycles. The van der Waals surface area contributed by atoms with E-state index in [1.807, 2.05) is 6.92 Å². The van der Waals surface area contributed by atoms with E-state index in [0.717, 1.165) is 5.56 Å². The molecule has 5 nitrogen and oxygen atoms in total. The smallest absolute Gasteiger partial charge is 0.261 e. The van der Waals surface area contributed by atoms with Gasteiger partial charge in [-0.15, -0.1) is 0 Å². The van der Waals surface area contributed by atoms with Crippen molar-refractivity contribution >= 4 is 29.2 Å². The Labute approximate surface area is 162 Å². The zero-order valence-corrected chi connectivity index (χ0v) is 16.4. The van der Waals surface area contributed by atoms with Crippen LogP contribution in [0.3, 0.4) is 0 Å². The van der Waals surface area contributed by atoms with Crippen LogP contribution in [0.5, 0.6) is 5.75 Å². The van der Waals surface area contributed by atoms with Crippen LogP contribution in [-0.4, -0.2) is 35.1 Å². The van der Waals surface area contributed by atoms with E-state index in [4.69, 9.17) is 16.3 Å². The third-order valence-corrected chi connectivity index (χ3v) is 5.04. The van der Waals surface area contributed by atoms with Gasteiger partial charge in [0, 0.05) is 11.1 Å². The van der Waals surface area contributed by atoms with Crippen molar-refractivity contribution in [3.05, 3.63) is 63.2 Å². The van der Waals surface area contributed by atoms with Crippen molar-refractivity contribution in [3.8, 4) is 5.75 Å². The molecule has 140 valence electrons. The summed E-state index contributed by atoms with van der Waals surface area (Å²) in [7, 11) is 0. The quantitative estimate of drug-likeness (QED) is 0.571. The summed E-state index contributed by atoms with van der Waals surface area (Å²) in [5, 5.41) is 0.387. The number of aryl methyl sites for hydroxylation is 1. The lowest BCUT2D eigenvalue weighted by atomic mass is 10.0. The average molecular weight is 386 g/mol. The normalized spacial score (nSPS) is 14.3. The maximum Gasteiger partial charge on any atom is 0.261 e. The largest absolute Gasteiger partial charge is 0.491 e. The van der Waals surface area contributed by atoms with Crippen molar-refractivity contribution in [2.24, 2.45) is 0 Å². The van der Waals surface area contributed by atoms with Gasteiger partial charge in [0.05, 0.1) is 22.2 Å². The third-order valence-electron chi connectivity index (χ3n) is 4.74. The van der Waals surface area contributed by atoms with Crippen molar-refractivity contribution in [2.45, 2.75) is 33.7 Å². The first-order valence-electron chi connectivity index (χ1n) is 8.64. The van der Waals surface area contributed by atoms with E-state index in [9.17, 15) is 14.4 Å². The predicted molar refractivity (Wildman–Crippen MR) is 103 cm³/mol. The molecule has 2 aromatic rings. The molecule has 0 aliphatic carbocycles. The minimum atomic E-state index is -0.465. The highest BCUT2D eigenvalue weighted by molar-refractivity contribution is 6.34. The number of nitrogens with zero attached hydrogens (tertiary/aromatic N) is 1. The van der Waals surface area contributed by atoms with Crippen LogP contribution >= 0.6 is 11.6 Å². The minimum absolute atomic E-state index is 0.117. The van der Waals surface area contributed by atoms with Gasteiger partial charge in [0.15, 0.2) is 5.78 Å². The predicted octanol–water partition coefficient (Wildman–Crippen LogP) is 4.22. The number of carbonyl (C=O) groups excluding carboxylic acids is 3. The number of imide groups is 1. The highest BCUT2D eigenvalue weighted by atomic mass is 35.5. The van der Waals surface area contributed by atoms with Gasteiger partial charge in [-0.25, -0.2) is 0 Å². The van der Waals surface area contributed by atoms with Crippen molar-refractivity contribution in [1.82, 2.24) is 4.90 Å². The van der Waals surface area contributed by atoms with E-state index in [1.54, 1.807) is 44.2 Å². The number of halogens is 1. The summed E-state index contributed by atoms with van der Waals surface area (Å²) in [6, 6.07) is 7.99. The summed E-state index contributed by atoms with van der Waals surface area (Å²) in [4.78, 5) is 38.2. The molecule has 0 unspecified atom stereocenters. The topological polar surface area (TPSA) is 63.7 Å². The second-order valence-corrected chi connectivity index (χ2v) is 7.15. The molecule has 0 aromatic heterocycles. The van der Waals surface area contributed by atoms with Gasteiger partial charge >= 0.3 is 0 Å². The molecule has 3 rings (SSSR count). The molecule has 27 heavy (non-hydrogen) atoms. The van der Waals surface area contributed by atoms with E-state index in [1.165, 1.54) is 11.8 Å². The average Bonchev–Trinajstić information content (AvgIpc) is 2.85. The number of fused-ring (bicyclic) bond motifs is 1. The van der Waals surface area contributed by atoms with Crippen LogP contribution in [0.25, 0.3) is 0 Å². The molecule has 0 saturated carbocycles. The molecule has 0 N–H and O–H groups in total. The fourth-order valence-corrected chi connectivity index (χ4v) is 3.90. The lowest BCUT2D eigenvalue weighted by Crippen LogP contribution is -2.41. The van der Waals surface area contributed by atoms with Crippen LogP contribution in [0, 0.1) is 13.8 Å². The monoisotopic (exact) mass is 385 g/mol. The van der Waals surface area contributed by atoms with Crippen LogP contribution in [-0.2, 0) is 0 Å². The van der Waals surface area contributed by atoms with E-state index < -0.39 is 6.04 Å². The Morgan fingerprint density at radius 3 is 2.22 bits per heavy atom. The van der Waals surface area contributed by atoms with Crippen LogP contribution in [0.15, 0.2) is 30.3 Å². The molecule has 1 heterocycles. The van der Waals surface area contributed by atoms with Gasteiger partial charge in [-0.1, -0.05) is 23.7 Å². The minimum Gasteiger partial charge on any atom is -0.491 e. The molecule has 1 aliphatic heterocycles. The number of carbonyl (C=O) groups is 3. The van der Waals surface area contributed by atoms with Crippen molar-refractivity contribution in [2.75, 3.05) is 6.61 Å². The Morgan fingerprint density at radius 1 is 1.15 bits per heavy atom. The Kier molecular flexibility index (Phi) is 5.07. The molecular weight excluding hydrogens is 366 g/mol. The van der Waals surface area contributed by atoms with Gasteiger partial charge < -0.3 is 4.74 Å². The van der Waals surface area contributed by atoms with E-state index in [0.29, 0.717) is 33.0 Å². The zero-order valence-electron chi connectivity index (χ0n) is 15.6. The van der Waals surface area contributed by atoms with Crippen molar-refractivity contribution in [3.63, 3.8) is 0 Å². The fourth-order valence-electron chi connectivity index (χ4n) is 3.46. The van der Waals surface area contributed by atoms with E-state index >= 15 is 0 Å². The van der Waals surface area contributed by atoms with E-state index in [2.05, 4.69) is 0 Å². The van der Waals surface area contributed by atoms with Gasteiger partial charge in [-0.05, 0) is 51.5 Å². The second kappa shape index (κ2) is 7.16. The Morgan fingerprint density at radius 2 is 1.70 bits per heavy atom. The standard InChI is InChI=1S/C21H20ClNO4/c1-11-9-17(22)18(14(4)24)13(3)19(11)27-10-12(2)23-20(25)15-7-5-6-8-16(15)21(23)26/h5-9,12H,10H2,1-4H3/t12-/m1/s1. The van der Waals surface area contributed by atoms with Gasteiger partial charge in [-0.2, -0.15) is 0 Å². The van der Waals surface area contributed by atoms with Crippen LogP contribution in [0.2, 0.25) is 5.02 Å². The first-order valence-corrected chi connectivity index (χ1v) is 9.02. The Balaban J connectivity index is 1.82. The third kappa shape index (κ3) is 3.23. The first-order chi connectivity index (χ1) is 12.7. The molecule has 0 radical (unpaired) electrons. The van der Waals surface area contributed by atoms with E-state index in [-0.39, 0.29) is 24.2 Å². The number of amides is 2. The molecule has 2 amide bonds. The first kappa shape index (κ1) is 19.1. The number of benzene rings is 2. The number of hydrogen-bond acceptors (Lipinski definition) is 4. The number of Topliss-reactive ketones (excluding diaryl/α,β-unsaturated/α-hetero) is 1. The van der Waals surface area contributed by atoms with Crippen LogP contribution in [0.4, 0.5) is 0 Å². The summed E-state index contributed by atoms with van der Waals surface area (Å²) in [6.45, 7) is 6.94. The fraction of sp³-hybridized carbons (Fsp3) is 0.286. The number of rotatable bonds is 5. The highest BCUT2D eigenvalue weighted by Gasteiger charge is 2.38. The maximum atomic E-state index is 12.6. The van der Waals surface area contributed by atoms with Gasteiger partial charge in [-0.3, -0.25) is 19.3 Å². The van der Waals surface area contributed by atoms with Gasteiger partial charge in [0.1, 0.15) is 12.4 Å². The van der Waals surface area contributed by atoms with Crippen LogP contribution < -0.4 is 4.74 Å². The van der Waals surface area contributed by atoms with Gasteiger partial charge in [0.25, 0.3) is 11.8 Å². The SMILES string of the molecule is CC(=O)c1c(Cl)cc(C)c(OC[C@@H](C)N2C(=O)c3ccccc3C2=O)c1C. The maximum absolute atomic E-state index is 12.6. The van der Waals surface area contributed by atoms with Gasteiger partial charge in [0.2, 0.25) is 0 Å². The summed E-state index contributed by atoms with van der Waals surface area (Å²) in [5.41, 5.74) is 2.68. The summed E-state index contributed by atoms with van der Waals surface area (Å²) >= 11 is 6.18. The highest BCUT2D eigenvalue weighted by Crippen LogP contribution is 2.33. The Hall–Kier alpha value is -2.66. The lowest BCUT2D eigenvalue weighted by molar-refractivity contribution is 0.0550. The summed E-state index contributed by atoms with van der Waals surface area (Å²) < 4.78 is 5.93. The molecule has 0 saturated heterocycles. The summed E-state index contributed by atoms with van der Waals surface area (Å²) in [5.74, 6) is -0.231. The molecule has 0 fully saturated rings. The molecular formula is C21H20ClNO4. The van der Waals surface area contributed by atoms with Crippen molar-refractivity contribution in [1.29, 1.82) is 0 Å². The molecule has 0 spiro atoms. The number of ether oxygens (including phenoxy) is 1. The zero-order chi connectivity index (χ0) is 19.9. The molecule has 6 heteroatoms. The lowest BCUT2D eigenvalue weighted by Gasteiger charge is -2.24. The summed E-state index contributed by atoms with van der Waals surface area (Å²) in [6.07, 6.45) is 0. The molecule has 0 bridgehead atoms. The molecule has 1 aliphatic rings. The van der Waals surface area contributed by atoms with Crippen molar-refractivity contribution < 1.29 is 19.1 Å². The Bertz CT molecular complexity index is 932. The molecule has 1 atom stereocenters.